The Balaban J connectivity index is 2.12. The number of hydrazine groups is 1. The van der Waals surface area contributed by atoms with Gasteiger partial charge in [-0.3, -0.25) is 10.2 Å². The van der Waals surface area contributed by atoms with E-state index in [1.165, 1.54) is 11.3 Å². The summed E-state index contributed by atoms with van der Waals surface area (Å²) in [5.41, 5.74) is 3.96. The number of rotatable bonds is 5. The van der Waals surface area contributed by atoms with E-state index in [4.69, 9.17) is 10.6 Å². The highest BCUT2D eigenvalue weighted by atomic mass is 32.1. The molecule has 3 N–H and O–H groups in total. The van der Waals surface area contributed by atoms with Gasteiger partial charge in [-0.2, -0.15) is 0 Å². The number of nitrogen functional groups attached to an aromatic ring is 1. The van der Waals surface area contributed by atoms with Crippen LogP contribution in [0.15, 0.2) is 24.3 Å². The first-order valence-electron chi connectivity index (χ1n) is 6.33. The molecule has 0 saturated heterocycles. The molecule has 0 aliphatic heterocycles. The number of amides is 1. The predicted molar refractivity (Wildman–Crippen MR) is 78.7 cm³/mol. The summed E-state index contributed by atoms with van der Waals surface area (Å²) < 4.78 is 5.73. The average Bonchev–Trinajstić information content (AvgIpc) is 2.89. The Morgan fingerprint density at radius 2 is 2.20 bits per heavy atom. The van der Waals surface area contributed by atoms with Gasteiger partial charge in [0, 0.05) is 0 Å². The number of thiazole rings is 1. The molecule has 0 spiro atoms. The number of carbonyl (C=O) groups is 1. The Labute approximate surface area is 121 Å². The number of para-hydroxylation sites is 1. The van der Waals surface area contributed by atoms with Gasteiger partial charge in [-0.15, -0.1) is 11.3 Å². The van der Waals surface area contributed by atoms with Gasteiger partial charge in [0.05, 0.1) is 5.69 Å². The smallest absolute Gasteiger partial charge is 0.277 e. The van der Waals surface area contributed by atoms with Gasteiger partial charge in [0.15, 0.2) is 0 Å². The number of hydrogen-bond acceptors (Lipinski definition) is 5. The molecule has 0 aliphatic carbocycles. The van der Waals surface area contributed by atoms with Gasteiger partial charge in [0.2, 0.25) is 0 Å². The normalized spacial score (nSPS) is 10.3. The van der Waals surface area contributed by atoms with Gasteiger partial charge in [-0.25, -0.2) is 10.8 Å². The summed E-state index contributed by atoms with van der Waals surface area (Å²) in [4.78, 5) is 16.6. The fourth-order valence-electron chi connectivity index (χ4n) is 1.80. The lowest BCUT2D eigenvalue weighted by molar-refractivity contribution is 0.0956. The van der Waals surface area contributed by atoms with Gasteiger partial charge in [0.25, 0.3) is 5.91 Å². The topological polar surface area (TPSA) is 77.2 Å². The molecule has 2 aromatic rings. The maximum absolute atomic E-state index is 11.6. The molecule has 1 aromatic heterocycles. The van der Waals surface area contributed by atoms with Crippen LogP contribution in [0.25, 0.3) is 0 Å². The van der Waals surface area contributed by atoms with Crippen LogP contribution in [0.4, 0.5) is 0 Å². The summed E-state index contributed by atoms with van der Waals surface area (Å²) in [5.74, 6) is 5.69. The number of nitrogens with zero attached hydrogens (tertiary/aromatic N) is 1. The largest absolute Gasteiger partial charge is 0.486 e. The third-order valence-electron chi connectivity index (χ3n) is 2.86. The molecule has 0 saturated carbocycles. The Hall–Kier alpha value is -1.92. The maximum atomic E-state index is 11.6. The molecule has 106 valence electrons. The zero-order valence-corrected chi connectivity index (χ0v) is 12.3. The van der Waals surface area contributed by atoms with Crippen molar-refractivity contribution in [3.8, 4) is 5.75 Å². The molecular formula is C14H17N3O2S. The molecule has 20 heavy (non-hydrogen) atoms. The van der Waals surface area contributed by atoms with Crippen molar-refractivity contribution in [2.75, 3.05) is 0 Å². The van der Waals surface area contributed by atoms with Crippen molar-refractivity contribution in [3.63, 3.8) is 0 Å². The number of ether oxygens (including phenoxy) is 1. The first kappa shape index (κ1) is 14.5. The lowest BCUT2D eigenvalue weighted by atomic mass is 10.2. The number of hydrogen-bond donors (Lipinski definition) is 2. The summed E-state index contributed by atoms with van der Waals surface area (Å²) >= 11 is 1.31. The minimum Gasteiger partial charge on any atom is -0.486 e. The molecule has 0 atom stereocenters. The van der Waals surface area contributed by atoms with E-state index in [1.54, 1.807) is 0 Å². The highest BCUT2D eigenvalue weighted by Crippen LogP contribution is 2.22. The highest BCUT2D eigenvalue weighted by Gasteiger charge is 2.16. The van der Waals surface area contributed by atoms with Gasteiger partial charge in [-0.1, -0.05) is 25.1 Å². The van der Waals surface area contributed by atoms with E-state index in [1.807, 2.05) is 38.1 Å². The summed E-state index contributed by atoms with van der Waals surface area (Å²) in [6, 6.07) is 7.79. The molecule has 5 nitrogen and oxygen atoms in total. The minimum atomic E-state index is -0.304. The van der Waals surface area contributed by atoms with E-state index in [2.05, 4.69) is 10.4 Å². The Kier molecular flexibility index (Phi) is 4.70. The summed E-state index contributed by atoms with van der Waals surface area (Å²) in [6.07, 6.45) is 0.684. The number of aromatic nitrogens is 1. The molecule has 1 aromatic carbocycles. The first-order chi connectivity index (χ1) is 9.65. The maximum Gasteiger partial charge on any atom is 0.277 e. The molecule has 0 aliphatic rings. The monoisotopic (exact) mass is 291 g/mol. The summed E-state index contributed by atoms with van der Waals surface area (Å²) in [6.45, 7) is 4.29. The standard InChI is InChI=1S/C14H17N3O2S/c1-3-10-13(14(18)17-15)20-12(16-10)8-19-11-7-5-4-6-9(11)2/h4-7H,3,8,15H2,1-2H3,(H,17,18). The Morgan fingerprint density at radius 1 is 1.45 bits per heavy atom. The van der Waals surface area contributed by atoms with E-state index in [9.17, 15) is 4.79 Å². The molecule has 0 unspecified atom stereocenters. The van der Waals surface area contributed by atoms with Crippen LogP contribution in [0.3, 0.4) is 0 Å². The van der Waals surface area contributed by atoms with E-state index < -0.39 is 0 Å². The zero-order valence-electron chi connectivity index (χ0n) is 11.5. The first-order valence-corrected chi connectivity index (χ1v) is 7.15. The van der Waals surface area contributed by atoms with Crippen LogP contribution in [0.2, 0.25) is 0 Å². The SMILES string of the molecule is CCc1nc(COc2ccccc2C)sc1C(=O)NN. The van der Waals surface area contributed by atoms with Crippen LogP contribution in [-0.4, -0.2) is 10.9 Å². The van der Waals surface area contributed by atoms with Crippen molar-refractivity contribution in [2.45, 2.75) is 26.9 Å². The fraction of sp³-hybridized carbons (Fsp3) is 0.286. The van der Waals surface area contributed by atoms with Crippen molar-refractivity contribution in [1.82, 2.24) is 10.4 Å². The zero-order chi connectivity index (χ0) is 14.5. The van der Waals surface area contributed by atoms with Gasteiger partial charge in [-0.05, 0) is 25.0 Å². The third kappa shape index (κ3) is 3.15. The van der Waals surface area contributed by atoms with E-state index in [-0.39, 0.29) is 5.91 Å². The molecule has 0 radical (unpaired) electrons. The molecule has 2 rings (SSSR count). The molecule has 6 heteroatoms. The molecule has 0 bridgehead atoms. The second-order valence-electron chi connectivity index (χ2n) is 4.26. The van der Waals surface area contributed by atoms with Crippen molar-refractivity contribution < 1.29 is 9.53 Å². The number of nitrogens with one attached hydrogen (secondary N) is 1. The van der Waals surface area contributed by atoms with E-state index in [0.717, 1.165) is 22.0 Å². The Bertz CT molecular complexity index is 610. The number of nitrogens with two attached hydrogens (primary N) is 1. The van der Waals surface area contributed by atoms with Gasteiger partial charge < -0.3 is 4.74 Å². The van der Waals surface area contributed by atoms with Crippen LogP contribution in [0.1, 0.15) is 32.9 Å². The average molecular weight is 291 g/mol. The lowest BCUT2D eigenvalue weighted by Crippen LogP contribution is -2.30. The van der Waals surface area contributed by atoms with Crippen molar-refractivity contribution in [1.29, 1.82) is 0 Å². The number of carbonyl (C=O) groups excluding carboxylic acids is 1. The molecular weight excluding hydrogens is 274 g/mol. The van der Waals surface area contributed by atoms with Gasteiger partial charge >= 0.3 is 0 Å². The van der Waals surface area contributed by atoms with Gasteiger partial charge in [0.1, 0.15) is 22.2 Å². The van der Waals surface area contributed by atoms with E-state index in [0.29, 0.717) is 17.9 Å². The van der Waals surface area contributed by atoms with Crippen LogP contribution in [0.5, 0.6) is 5.75 Å². The second-order valence-corrected chi connectivity index (χ2v) is 5.35. The van der Waals surface area contributed by atoms with E-state index >= 15 is 0 Å². The van der Waals surface area contributed by atoms with Crippen molar-refractivity contribution >= 4 is 17.2 Å². The number of aryl methyl sites for hydroxylation is 2. The summed E-state index contributed by atoms with van der Waals surface area (Å²) in [5, 5.41) is 0.767. The molecule has 0 fully saturated rings. The van der Waals surface area contributed by atoms with Crippen LogP contribution in [-0.2, 0) is 13.0 Å². The van der Waals surface area contributed by atoms with Crippen LogP contribution < -0.4 is 16.0 Å². The third-order valence-corrected chi connectivity index (χ3v) is 3.93. The number of benzene rings is 1. The lowest BCUT2D eigenvalue weighted by Gasteiger charge is -2.06. The minimum absolute atomic E-state index is 0.304. The van der Waals surface area contributed by atoms with Crippen molar-refractivity contribution in [3.05, 3.63) is 45.4 Å². The van der Waals surface area contributed by atoms with Crippen molar-refractivity contribution in [2.24, 2.45) is 5.84 Å². The van der Waals surface area contributed by atoms with Crippen LogP contribution >= 0.6 is 11.3 Å². The molecule has 1 amide bonds. The quantitative estimate of drug-likeness (QED) is 0.503. The fourth-order valence-corrected chi connectivity index (χ4v) is 2.77. The predicted octanol–water partition coefficient (Wildman–Crippen LogP) is 2.20. The summed E-state index contributed by atoms with van der Waals surface area (Å²) in [7, 11) is 0. The molecule has 1 heterocycles. The van der Waals surface area contributed by atoms with Crippen LogP contribution in [0, 0.1) is 6.92 Å². The second kappa shape index (κ2) is 6.49. The highest BCUT2D eigenvalue weighted by molar-refractivity contribution is 7.13. The Morgan fingerprint density at radius 3 is 2.85 bits per heavy atom.